The second kappa shape index (κ2) is 11.1. The Morgan fingerprint density at radius 3 is 2.43 bits per heavy atom. The Balaban J connectivity index is 1.78. The second-order valence-electron chi connectivity index (χ2n) is 6.54. The van der Waals surface area contributed by atoms with E-state index < -0.39 is 0 Å². The molecule has 0 saturated carbocycles. The molecule has 0 aliphatic rings. The van der Waals surface area contributed by atoms with Gasteiger partial charge in [0, 0.05) is 22.3 Å². The number of rotatable bonds is 9. The number of benzene rings is 2. The Morgan fingerprint density at radius 2 is 1.71 bits per heavy atom. The molecule has 2 amide bonds. The molecule has 0 aliphatic heterocycles. The molecule has 2 aromatic rings. The maximum atomic E-state index is 12.3. The third-order valence-electron chi connectivity index (χ3n) is 4.28. The summed E-state index contributed by atoms with van der Waals surface area (Å²) in [4.78, 5) is 26.3. The molecule has 150 valence electrons. The van der Waals surface area contributed by atoms with Crippen LogP contribution in [0.15, 0.2) is 42.5 Å². The van der Waals surface area contributed by atoms with Gasteiger partial charge in [0.2, 0.25) is 11.8 Å². The summed E-state index contributed by atoms with van der Waals surface area (Å²) in [7, 11) is 0. The summed E-state index contributed by atoms with van der Waals surface area (Å²) in [5, 5.41) is 6.98. The lowest BCUT2D eigenvalue weighted by Crippen LogP contribution is -2.41. The third kappa shape index (κ3) is 7.50. The Labute approximate surface area is 176 Å². The van der Waals surface area contributed by atoms with Crippen molar-refractivity contribution >= 4 is 40.7 Å². The van der Waals surface area contributed by atoms with Crippen LogP contribution >= 0.6 is 23.2 Å². The first kappa shape index (κ1) is 22.2. The number of hydrogen-bond donors (Lipinski definition) is 2. The van der Waals surface area contributed by atoms with Gasteiger partial charge < -0.3 is 10.6 Å². The number of likely N-dealkylation sites (N-methyl/N-ethyl adjacent to an activating group) is 1. The molecule has 7 heteroatoms. The van der Waals surface area contributed by atoms with Crippen LogP contribution < -0.4 is 10.6 Å². The molecular formula is C21H25Cl2N3O2. The fourth-order valence-electron chi connectivity index (χ4n) is 2.70. The largest absolute Gasteiger partial charge is 0.355 e. The average molecular weight is 422 g/mol. The van der Waals surface area contributed by atoms with Crippen LogP contribution in [0.5, 0.6) is 0 Å². The molecule has 0 radical (unpaired) electrons. The third-order valence-corrected chi connectivity index (χ3v) is 4.75. The van der Waals surface area contributed by atoms with Crippen molar-refractivity contribution in [3.8, 4) is 0 Å². The van der Waals surface area contributed by atoms with Crippen molar-refractivity contribution in [1.82, 2.24) is 10.2 Å². The van der Waals surface area contributed by atoms with E-state index in [2.05, 4.69) is 10.6 Å². The lowest BCUT2D eigenvalue weighted by molar-refractivity contribution is -0.123. The summed E-state index contributed by atoms with van der Waals surface area (Å²) < 4.78 is 0. The van der Waals surface area contributed by atoms with E-state index >= 15 is 0 Å². The SMILES string of the molecule is CCN(CC(=O)NCCc1cccc(Cl)c1)CC(=O)Nc1cc(Cl)ccc1C. The van der Waals surface area contributed by atoms with Gasteiger partial charge in [-0.2, -0.15) is 0 Å². The van der Waals surface area contributed by atoms with Crippen LogP contribution in [0, 0.1) is 6.92 Å². The van der Waals surface area contributed by atoms with Gasteiger partial charge in [0.15, 0.2) is 0 Å². The van der Waals surface area contributed by atoms with Gasteiger partial charge in [0.05, 0.1) is 13.1 Å². The van der Waals surface area contributed by atoms with Crippen LogP contribution in [0.1, 0.15) is 18.1 Å². The predicted molar refractivity (Wildman–Crippen MR) is 115 cm³/mol. The van der Waals surface area contributed by atoms with Gasteiger partial charge in [-0.05, 0) is 55.3 Å². The van der Waals surface area contributed by atoms with Crippen molar-refractivity contribution < 1.29 is 9.59 Å². The van der Waals surface area contributed by atoms with Crippen molar-refractivity contribution in [1.29, 1.82) is 0 Å². The Hall–Kier alpha value is -2.08. The monoisotopic (exact) mass is 421 g/mol. The molecule has 2 N–H and O–H groups in total. The fraction of sp³-hybridized carbons (Fsp3) is 0.333. The standard InChI is InChI=1S/C21H25Cl2N3O2/c1-3-26(14-21(28)25-19-12-18(23)8-7-15(19)2)13-20(27)24-10-9-16-5-4-6-17(22)11-16/h4-8,11-12H,3,9-10,13-14H2,1-2H3,(H,24,27)(H,25,28). The topological polar surface area (TPSA) is 61.4 Å². The molecule has 5 nitrogen and oxygen atoms in total. The van der Waals surface area contributed by atoms with E-state index in [0.717, 1.165) is 11.1 Å². The number of nitrogens with zero attached hydrogens (tertiary/aromatic N) is 1. The maximum absolute atomic E-state index is 12.3. The highest BCUT2D eigenvalue weighted by atomic mass is 35.5. The molecule has 0 fully saturated rings. The highest BCUT2D eigenvalue weighted by molar-refractivity contribution is 6.31. The summed E-state index contributed by atoms with van der Waals surface area (Å²) in [5.41, 5.74) is 2.68. The van der Waals surface area contributed by atoms with Crippen molar-refractivity contribution in [2.75, 3.05) is 31.5 Å². The van der Waals surface area contributed by atoms with E-state index in [1.165, 1.54) is 0 Å². The summed E-state index contributed by atoms with van der Waals surface area (Å²) in [6, 6.07) is 12.9. The van der Waals surface area contributed by atoms with Gasteiger partial charge in [-0.25, -0.2) is 0 Å². The second-order valence-corrected chi connectivity index (χ2v) is 7.41. The first-order valence-electron chi connectivity index (χ1n) is 9.17. The lowest BCUT2D eigenvalue weighted by atomic mass is 10.1. The summed E-state index contributed by atoms with van der Waals surface area (Å²) in [6.07, 6.45) is 0.701. The van der Waals surface area contributed by atoms with Gasteiger partial charge in [-0.3, -0.25) is 14.5 Å². The first-order chi connectivity index (χ1) is 13.4. The molecule has 0 spiro atoms. The van der Waals surface area contributed by atoms with Gasteiger partial charge in [-0.15, -0.1) is 0 Å². The molecule has 2 aromatic carbocycles. The number of hydrogen-bond acceptors (Lipinski definition) is 3. The minimum atomic E-state index is -0.182. The summed E-state index contributed by atoms with van der Waals surface area (Å²) >= 11 is 11.9. The number of aryl methyl sites for hydroxylation is 1. The highest BCUT2D eigenvalue weighted by Gasteiger charge is 2.14. The van der Waals surface area contributed by atoms with Crippen LogP contribution in [0.25, 0.3) is 0 Å². The average Bonchev–Trinajstić information content (AvgIpc) is 2.64. The van der Waals surface area contributed by atoms with E-state index in [1.807, 2.05) is 44.2 Å². The van der Waals surface area contributed by atoms with Crippen LogP contribution in [0.3, 0.4) is 0 Å². The van der Waals surface area contributed by atoms with Crippen molar-refractivity contribution in [2.45, 2.75) is 20.3 Å². The van der Waals surface area contributed by atoms with Crippen molar-refractivity contribution in [3.05, 3.63) is 63.6 Å². The molecule has 0 saturated heterocycles. The molecule has 0 atom stereocenters. The minimum absolute atomic E-state index is 0.115. The molecule has 0 aromatic heterocycles. The molecule has 0 bridgehead atoms. The zero-order chi connectivity index (χ0) is 20.5. The number of anilines is 1. The number of carbonyl (C=O) groups is 2. The molecule has 2 rings (SSSR count). The maximum Gasteiger partial charge on any atom is 0.238 e. The quantitative estimate of drug-likeness (QED) is 0.644. The molecule has 0 unspecified atom stereocenters. The van der Waals surface area contributed by atoms with Gasteiger partial charge in [0.1, 0.15) is 0 Å². The van der Waals surface area contributed by atoms with Crippen LogP contribution in [-0.4, -0.2) is 42.9 Å². The van der Waals surface area contributed by atoms with Gasteiger partial charge in [0.25, 0.3) is 0 Å². The molecule has 0 aliphatic carbocycles. The number of carbonyl (C=O) groups excluding carboxylic acids is 2. The summed E-state index contributed by atoms with van der Waals surface area (Å²) in [5.74, 6) is -0.297. The molecule has 0 heterocycles. The van der Waals surface area contributed by atoms with Crippen LogP contribution in [-0.2, 0) is 16.0 Å². The normalized spacial score (nSPS) is 10.8. The smallest absolute Gasteiger partial charge is 0.238 e. The van der Waals surface area contributed by atoms with Crippen molar-refractivity contribution in [3.63, 3.8) is 0 Å². The Morgan fingerprint density at radius 1 is 1.00 bits per heavy atom. The lowest BCUT2D eigenvalue weighted by Gasteiger charge is -2.19. The molecular weight excluding hydrogens is 397 g/mol. The van der Waals surface area contributed by atoms with Crippen LogP contribution in [0.2, 0.25) is 10.0 Å². The Bertz CT molecular complexity index is 827. The van der Waals surface area contributed by atoms with E-state index in [4.69, 9.17) is 23.2 Å². The minimum Gasteiger partial charge on any atom is -0.355 e. The zero-order valence-electron chi connectivity index (χ0n) is 16.1. The van der Waals surface area contributed by atoms with E-state index in [0.29, 0.717) is 35.2 Å². The zero-order valence-corrected chi connectivity index (χ0v) is 17.6. The number of nitrogens with one attached hydrogen (secondary N) is 2. The highest BCUT2D eigenvalue weighted by Crippen LogP contribution is 2.20. The summed E-state index contributed by atoms with van der Waals surface area (Å²) in [6.45, 7) is 5.21. The number of amides is 2. The predicted octanol–water partition coefficient (Wildman–Crippen LogP) is 3.92. The first-order valence-corrected chi connectivity index (χ1v) is 9.92. The molecule has 28 heavy (non-hydrogen) atoms. The van der Waals surface area contributed by atoms with Gasteiger partial charge >= 0.3 is 0 Å². The van der Waals surface area contributed by atoms with Crippen molar-refractivity contribution in [2.24, 2.45) is 0 Å². The van der Waals surface area contributed by atoms with E-state index in [1.54, 1.807) is 17.0 Å². The van der Waals surface area contributed by atoms with Gasteiger partial charge in [-0.1, -0.05) is 48.3 Å². The van der Waals surface area contributed by atoms with Crippen LogP contribution in [0.4, 0.5) is 5.69 Å². The Kier molecular flexibility index (Phi) is 8.77. The fourth-order valence-corrected chi connectivity index (χ4v) is 3.08. The number of halogens is 2. The van der Waals surface area contributed by atoms with E-state index in [9.17, 15) is 9.59 Å². The van der Waals surface area contributed by atoms with E-state index in [-0.39, 0.29) is 24.9 Å².